The van der Waals surface area contributed by atoms with E-state index in [0.29, 0.717) is 6.04 Å². The molecule has 0 bridgehead atoms. The lowest BCUT2D eigenvalue weighted by Gasteiger charge is -2.45. The summed E-state index contributed by atoms with van der Waals surface area (Å²) in [5.74, 6) is 3.77. The van der Waals surface area contributed by atoms with E-state index >= 15 is 0 Å². The molecule has 0 atom stereocenters. The quantitative estimate of drug-likeness (QED) is 0.706. The molecule has 1 aliphatic carbocycles. The van der Waals surface area contributed by atoms with E-state index in [2.05, 4.69) is 37.1 Å². The zero-order chi connectivity index (χ0) is 17.8. The molecule has 4 heterocycles. The van der Waals surface area contributed by atoms with Crippen LogP contribution in [0.15, 0.2) is 12.1 Å². The second kappa shape index (κ2) is 5.62. The number of aromatic nitrogens is 6. The molecule has 0 radical (unpaired) electrons. The molecule has 0 N–H and O–H groups in total. The maximum atomic E-state index is 4.75. The molecule has 26 heavy (non-hydrogen) atoms. The summed E-state index contributed by atoms with van der Waals surface area (Å²) < 4.78 is 1.80. The second-order valence-corrected chi connectivity index (χ2v) is 7.25. The maximum absolute atomic E-state index is 4.75. The number of anilines is 2. The van der Waals surface area contributed by atoms with Crippen LogP contribution in [-0.4, -0.2) is 56.0 Å². The molecule has 0 amide bonds. The van der Waals surface area contributed by atoms with Crippen molar-refractivity contribution in [2.24, 2.45) is 0 Å². The first kappa shape index (κ1) is 15.5. The number of rotatable bonds is 3. The van der Waals surface area contributed by atoms with Gasteiger partial charge in [0.15, 0.2) is 11.5 Å². The summed E-state index contributed by atoms with van der Waals surface area (Å²) in [5, 5.41) is 12.8. The van der Waals surface area contributed by atoms with Crippen molar-refractivity contribution in [3.8, 4) is 0 Å². The third-order valence-corrected chi connectivity index (χ3v) is 5.50. The fourth-order valence-electron chi connectivity index (χ4n) is 3.94. The molecular formula is C18H22N8. The summed E-state index contributed by atoms with van der Waals surface area (Å²) in [6.45, 7) is 5.78. The average Bonchev–Trinajstić information content (AvgIpc) is 3.19. The van der Waals surface area contributed by atoms with Crippen molar-refractivity contribution in [3.05, 3.63) is 35.0 Å². The standard InChI is InChI=1S/C18H22N8/c1-11-19-15-6-4-5-14(15)18(20-11)24(3)13-9-25(10-13)17-8-7-16-22-21-12(2)26(16)23-17/h7-8,13H,4-6,9-10H2,1-3H3. The zero-order valence-corrected chi connectivity index (χ0v) is 15.3. The van der Waals surface area contributed by atoms with Crippen LogP contribution in [0.4, 0.5) is 11.6 Å². The highest BCUT2D eigenvalue weighted by molar-refractivity contribution is 5.55. The van der Waals surface area contributed by atoms with Crippen LogP contribution >= 0.6 is 0 Å². The summed E-state index contributed by atoms with van der Waals surface area (Å²) in [6.07, 6.45) is 3.36. The normalized spacial score (nSPS) is 16.8. The molecule has 1 fully saturated rings. The minimum absolute atomic E-state index is 0.438. The van der Waals surface area contributed by atoms with Gasteiger partial charge in [-0.15, -0.1) is 15.3 Å². The Labute approximate surface area is 151 Å². The van der Waals surface area contributed by atoms with Crippen LogP contribution in [0.5, 0.6) is 0 Å². The Balaban J connectivity index is 1.35. The Morgan fingerprint density at radius 1 is 1.08 bits per heavy atom. The molecule has 0 unspecified atom stereocenters. The molecule has 2 aliphatic rings. The molecule has 3 aromatic rings. The van der Waals surface area contributed by atoms with Gasteiger partial charge in [-0.2, -0.15) is 4.52 Å². The highest BCUT2D eigenvalue weighted by atomic mass is 15.4. The molecule has 1 saturated heterocycles. The molecule has 0 spiro atoms. The van der Waals surface area contributed by atoms with Crippen molar-refractivity contribution in [2.45, 2.75) is 39.2 Å². The third-order valence-electron chi connectivity index (χ3n) is 5.50. The van der Waals surface area contributed by atoms with Gasteiger partial charge >= 0.3 is 0 Å². The van der Waals surface area contributed by atoms with Crippen LogP contribution in [0.25, 0.3) is 5.65 Å². The second-order valence-electron chi connectivity index (χ2n) is 7.25. The fourth-order valence-corrected chi connectivity index (χ4v) is 3.94. The first-order chi connectivity index (χ1) is 12.6. The Morgan fingerprint density at radius 3 is 2.77 bits per heavy atom. The average molecular weight is 350 g/mol. The summed E-state index contributed by atoms with van der Waals surface area (Å²) in [4.78, 5) is 14.0. The predicted molar refractivity (Wildman–Crippen MR) is 98.7 cm³/mol. The molecule has 1 aliphatic heterocycles. The SMILES string of the molecule is Cc1nc2c(c(N(C)C3CN(c4ccc5nnc(C)n5n4)C3)n1)CCC2. The highest BCUT2D eigenvalue weighted by Crippen LogP contribution is 2.31. The first-order valence-corrected chi connectivity index (χ1v) is 9.13. The maximum Gasteiger partial charge on any atom is 0.178 e. The predicted octanol–water partition coefficient (Wildman–Crippen LogP) is 1.34. The number of hydrogen-bond donors (Lipinski definition) is 0. The fraction of sp³-hybridized carbons (Fsp3) is 0.500. The Bertz CT molecular complexity index is 988. The number of aryl methyl sites for hydroxylation is 3. The monoisotopic (exact) mass is 350 g/mol. The minimum Gasteiger partial charge on any atom is -0.353 e. The van der Waals surface area contributed by atoms with E-state index in [-0.39, 0.29) is 0 Å². The highest BCUT2D eigenvalue weighted by Gasteiger charge is 2.34. The van der Waals surface area contributed by atoms with E-state index in [9.17, 15) is 0 Å². The van der Waals surface area contributed by atoms with Crippen molar-refractivity contribution < 1.29 is 0 Å². The zero-order valence-electron chi connectivity index (χ0n) is 15.3. The van der Waals surface area contributed by atoms with Crippen LogP contribution in [0.2, 0.25) is 0 Å². The van der Waals surface area contributed by atoms with Gasteiger partial charge in [0.1, 0.15) is 17.5 Å². The summed E-state index contributed by atoms with van der Waals surface area (Å²) in [6, 6.07) is 4.43. The van der Waals surface area contributed by atoms with E-state index in [1.165, 1.54) is 17.7 Å². The van der Waals surface area contributed by atoms with Crippen molar-refractivity contribution >= 4 is 17.3 Å². The van der Waals surface area contributed by atoms with Gasteiger partial charge in [-0.3, -0.25) is 0 Å². The first-order valence-electron chi connectivity index (χ1n) is 9.13. The molecule has 0 aromatic carbocycles. The minimum atomic E-state index is 0.438. The van der Waals surface area contributed by atoms with Gasteiger partial charge in [0, 0.05) is 31.4 Å². The third kappa shape index (κ3) is 2.32. The lowest BCUT2D eigenvalue weighted by atomic mass is 10.1. The molecule has 134 valence electrons. The number of fused-ring (bicyclic) bond motifs is 2. The van der Waals surface area contributed by atoms with E-state index in [0.717, 1.165) is 54.9 Å². The van der Waals surface area contributed by atoms with Crippen molar-refractivity contribution in [3.63, 3.8) is 0 Å². The molecule has 8 heteroatoms. The van der Waals surface area contributed by atoms with E-state index in [1.54, 1.807) is 4.52 Å². The van der Waals surface area contributed by atoms with E-state index in [4.69, 9.17) is 4.98 Å². The molecule has 0 saturated carbocycles. The lowest BCUT2D eigenvalue weighted by molar-refractivity contribution is 0.485. The van der Waals surface area contributed by atoms with Gasteiger partial charge in [0.25, 0.3) is 0 Å². The van der Waals surface area contributed by atoms with Gasteiger partial charge in [-0.1, -0.05) is 0 Å². The summed E-state index contributed by atoms with van der Waals surface area (Å²) in [5.41, 5.74) is 3.37. The lowest BCUT2D eigenvalue weighted by Crippen LogP contribution is -2.59. The Kier molecular flexibility index (Phi) is 3.35. The Morgan fingerprint density at radius 2 is 1.92 bits per heavy atom. The topological polar surface area (TPSA) is 75.3 Å². The summed E-state index contributed by atoms with van der Waals surface area (Å²) in [7, 11) is 2.16. The van der Waals surface area contributed by atoms with Crippen LogP contribution in [0.3, 0.4) is 0 Å². The van der Waals surface area contributed by atoms with Crippen molar-refractivity contribution in [2.75, 3.05) is 29.9 Å². The van der Waals surface area contributed by atoms with Crippen molar-refractivity contribution in [1.29, 1.82) is 0 Å². The smallest absolute Gasteiger partial charge is 0.178 e. The summed E-state index contributed by atoms with van der Waals surface area (Å²) >= 11 is 0. The van der Waals surface area contributed by atoms with E-state index in [1.807, 2.05) is 26.0 Å². The number of likely N-dealkylation sites (N-methyl/N-ethyl adjacent to an activating group) is 1. The van der Waals surface area contributed by atoms with Crippen LogP contribution in [0.1, 0.15) is 29.3 Å². The molecule has 3 aromatic heterocycles. The molecule has 5 rings (SSSR count). The van der Waals surface area contributed by atoms with E-state index < -0.39 is 0 Å². The van der Waals surface area contributed by atoms with Gasteiger partial charge in [0.05, 0.1) is 6.04 Å². The van der Waals surface area contributed by atoms with Gasteiger partial charge in [-0.25, -0.2) is 9.97 Å². The number of nitrogens with zero attached hydrogens (tertiary/aromatic N) is 8. The van der Waals surface area contributed by atoms with Crippen LogP contribution < -0.4 is 9.80 Å². The van der Waals surface area contributed by atoms with Crippen LogP contribution in [-0.2, 0) is 12.8 Å². The van der Waals surface area contributed by atoms with Gasteiger partial charge in [-0.05, 0) is 45.2 Å². The Hall–Kier alpha value is -2.77. The van der Waals surface area contributed by atoms with Crippen molar-refractivity contribution in [1.82, 2.24) is 29.8 Å². The molecule has 8 nitrogen and oxygen atoms in total. The van der Waals surface area contributed by atoms with Crippen LogP contribution in [0, 0.1) is 13.8 Å². The van der Waals surface area contributed by atoms with Gasteiger partial charge in [0.2, 0.25) is 0 Å². The largest absolute Gasteiger partial charge is 0.353 e. The number of hydrogen-bond acceptors (Lipinski definition) is 7. The molecular weight excluding hydrogens is 328 g/mol. The van der Waals surface area contributed by atoms with Gasteiger partial charge < -0.3 is 9.80 Å².